The molecule has 0 fully saturated rings. The van der Waals surface area contributed by atoms with Gasteiger partial charge in [0, 0.05) is 12.0 Å². The van der Waals surface area contributed by atoms with Gasteiger partial charge >= 0.3 is 6.18 Å². The zero-order chi connectivity index (χ0) is 15.9. The molecule has 0 bridgehead atoms. The third-order valence-electron chi connectivity index (χ3n) is 3.56. The molecule has 1 aliphatic rings. The second-order valence-electron chi connectivity index (χ2n) is 4.95. The zero-order valence-corrected chi connectivity index (χ0v) is 11.1. The Morgan fingerprint density at radius 2 is 1.95 bits per heavy atom. The molecular weight excluding hydrogens is 298 g/mol. The monoisotopic (exact) mass is 307 g/mol. The van der Waals surface area contributed by atoms with Crippen molar-refractivity contribution in [3.05, 3.63) is 64.5 Å². The third kappa shape index (κ3) is 2.39. The summed E-state index contributed by atoms with van der Waals surface area (Å²) in [5.41, 5.74) is -0.333. The molecule has 2 aromatic rings. The Bertz CT molecular complexity index is 777. The van der Waals surface area contributed by atoms with E-state index >= 15 is 0 Å². The Hall–Kier alpha value is -2.55. The van der Waals surface area contributed by atoms with Crippen molar-refractivity contribution in [3.63, 3.8) is 0 Å². The molecule has 1 heterocycles. The Morgan fingerprint density at radius 1 is 1.18 bits per heavy atom. The van der Waals surface area contributed by atoms with Crippen LogP contribution in [0, 0.1) is 17.1 Å². The number of nitriles is 1. The maximum atomic E-state index is 14.1. The molecule has 0 N–H and O–H groups in total. The van der Waals surface area contributed by atoms with E-state index in [1.165, 1.54) is 24.3 Å². The topological polar surface area (TPSA) is 33.0 Å². The summed E-state index contributed by atoms with van der Waals surface area (Å²) >= 11 is 0. The van der Waals surface area contributed by atoms with Gasteiger partial charge in [-0.1, -0.05) is 12.1 Å². The molecule has 0 aliphatic carbocycles. The SMILES string of the molecule is N#Cc1cccc([C@@H]2Cc3cc(C(F)(F)F)ccc3O2)c1F. The van der Waals surface area contributed by atoms with Gasteiger partial charge in [0.15, 0.2) is 0 Å². The van der Waals surface area contributed by atoms with E-state index in [-0.39, 0.29) is 17.5 Å². The Balaban J connectivity index is 1.94. The summed E-state index contributed by atoms with van der Waals surface area (Å²) in [4.78, 5) is 0. The number of hydrogen-bond donors (Lipinski definition) is 0. The van der Waals surface area contributed by atoms with Crippen molar-refractivity contribution in [2.45, 2.75) is 18.7 Å². The second-order valence-corrected chi connectivity index (χ2v) is 4.95. The number of ether oxygens (including phenoxy) is 1. The normalized spacial score (nSPS) is 16.8. The van der Waals surface area contributed by atoms with E-state index in [0.717, 1.165) is 12.1 Å². The van der Waals surface area contributed by atoms with Crippen LogP contribution in [0.2, 0.25) is 0 Å². The average Bonchev–Trinajstić information content (AvgIpc) is 2.89. The van der Waals surface area contributed by atoms with Crippen molar-refractivity contribution in [1.82, 2.24) is 0 Å². The van der Waals surface area contributed by atoms with Crippen molar-refractivity contribution in [2.24, 2.45) is 0 Å². The van der Waals surface area contributed by atoms with Gasteiger partial charge in [-0.15, -0.1) is 0 Å². The van der Waals surface area contributed by atoms with Crippen LogP contribution in [0.4, 0.5) is 17.6 Å². The van der Waals surface area contributed by atoms with E-state index in [0.29, 0.717) is 11.3 Å². The van der Waals surface area contributed by atoms with Crippen molar-refractivity contribution in [1.29, 1.82) is 5.26 Å². The predicted molar refractivity (Wildman–Crippen MR) is 69.6 cm³/mol. The highest BCUT2D eigenvalue weighted by atomic mass is 19.4. The summed E-state index contributed by atoms with van der Waals surface area (Å²) in [6, 6.07) is 9.24. The van der Waals surface area contributed by atoms with Gasteiger partial charge in [0.1, 0.15) is 23.7 Å². The molecule has 22 heavy (non-hydrogen) atoms. The summed E-state index contributed by atoms with van der Waals surface area (Å²) in [6.45, 7) is 0. The summed E-state index contributed by atoms with van der Waals surface area (Å²) in [5.74, 6) is -0.390. The van der Waals surface area contributed by atoms with E-state index in [1.54, 1.807) is 6.07 Å². The first kappa shape index (κ1) is 14.4. The number of fused-ring (bicyclic) bond motifs is 1. The van der Waals surface area contributed by atoms with Crippen molar-refractivity contribution < 1.29 is 22.3 Å². The summed E-state index contributed by atoms with van der Waals surface area (Å²) in [5, 5.41) is 8.83. The predicted octanol–water partition coefficient (Wildman–Crippen LogP) is 4.39. The highest BCUT2D eigenvalue weighted by Crippen LogP contribution is 2.40. The first-order valence-electron chi connectivity index (χ1n) is 6.45. The maximum Gasteiger partial charge on any atom is 0.416 e. The molecule has 0 radical (unpaired) electrons. The third-order valence-corrected chi connectivity index (χ3v) is 3.56. The molecule has 1 atom stereocenters. The lowest BCUT2D eigenvalue weighted by Crippen LogP contribution is -2.07. The maximum absolute atomic E-state index is 14.1. The fourth-order valence-corrected chi connectivity index (χ4v) is 2.48. The lowest BCUT2D eigenvalue weighted by Gasteiger charge is -2.12. The van der Waals surface area contributed by atoms with E-state index < -0.39 is 23.7 Å². The number of alkyl halides is 3. The largest absolute Gasteiger partial charge is 0.485 e. The number of hydrogen-bond acceptors (Lipinski definition) is 2. The lowest BCUT2D eigenvalue weighted by atomic mass is 10.00. The molecule has 3 rings (SSSR count). The van der Waals surface area contributed by atoms with E-state index in [1.807, 2.05) is 0 Å². The first-order chi connectivity index (χ1) is 10.4. The van der Waals surface area contributed by atoms with Crippen LogP contribution in [0.15, 0.2) is 36.4 Å². The highest BCUT2D eigenvalue weighted by molar-refractivity contribution is 5.44. The fraction of sp³-hybridized carbons (Fsp3) is 0.188. The number of benzene rings is 2. The molecule has 6 heteroatoms. The highest BCUT2D eigenvalue weighted by Gasteiger charge is 2.34. The molecule has 112 valence electrons. The van der Waals surface area contributed by atoms with Gasteiger partial charge in [0.25, 0.3) is 0 Å². The quantitative estimate of drug-likeness (QED) is 0.732. The summed E-state index contributed by atoms with van der Waals surface area (Å²) < 4.78 is 57.8. The van der Waals surface area contributed by atoms with Gasteiger partial charge in [-0.05, 0) is 29.8 Å². The van der Waals surface area contributed by atoms with Gasteiger partial charge in [-0.3, -0.25) is 0 Å². The standard InChI is InChI=1S/C16H9F4NO/c17-15-9(8-21)2-1-3-12(15)14-7-10-6-11(16(18,19)20)4-5-13(10)22-14/h1-6,14H,7H2/t14-/m0/s1. The molecule has 0 spiro atoms. The van der Waals surface area contributed by atoms with E-state index in [4.69, 9.17) is 10.00 Å². The van der Waals surface area contributed by atoms with E-state index in [9.17, 15) is 17.6 Å². The van der Waals surface area contributed by atoms with E-state index in [2.05, 4.69) is 0 Å². The fourth-order valence-electron chi connectivity index (χ4n) is 2.48. The van der Waals surface area contributed by atoms with Gasteiger partial charge in [-0.25, -0.2) is 4.39 Å². The molecule has 0 amide bonds. The Labute approximate surface area is 123 Å². The summed E-state index contributed by atoms with van der Waals surface area (Å²) in [7, 11) is 0. The minimum atomic E-state index is -4.43. The van der Waals surface area contributed by atoms with Crippen LogP contribution in [-0.2, 0) is 12.6 Å². The van der Waals surface area contributed by atoms with Crippen molar-refractivity contribution >= 4 is 0 Å². The van der Waals surface area contributed by atoms with Crippen molar-refractivity contribution in [3.8, 4) is 11.8 Å². The minimum Gasteiger partial charge on any atom is -0.485 e. The van der Waals surface area contributed by atoms with Crippen LogP contribution >= 0.6 is 0 Å². The molecule has 2 aromatic carbocycles. The van der Waals surface area contributed by atoms with Crippen molar-refractivity contribution in [2.75, 3.05) is 0 Å². The molecular formula is C16H9F4NO. The number of nitrogens with zero attached hydrogens (tertiary/aromatic N) is 1. The minimum absolute atomic E-state index is 0.118. The average molecular weight is 307 g/mol. The summed E-state index contributed by atoms with van der Waals surface area (Å²) in [6.07, 6.45) is -5.03. The van der Waals surface area contributed by atoms with Crippen LogP contribution in [-0.4, -0.2) is 0 Å². The number of halogens is 4. The van der Waals surface area contributed by atoms with Gasteiger partial charge in [0.2, 0.25) is 0 Å². The van der Waals surface area contributed by atoms with Crippen LogP contribution in [0.5, 0.6) is 5.75 Å². The Kier molecular flexibility index (Phi) is 3.28. The van der Waals surface area contributed by atoms with Crippen LogP contribution in [0.1, 0.15) is 28.4 Å². The molecule has 0 saturated heterocycles. The molecule has 0 saturated carbocycles. The number of rotatable bonds is 1. The zero-order valence-electron chi connectivity index (χ0n) is 11.1. The van der Waals surface area contributed by atoms with Gasteiger partial charge in [0.05, 0.1) is 11.1 Å². The van der Waals surface area contributed by atoms with Crippen LogP contribution < -0.4 is 4.74 Å². The molecule has 2 nitrogen and oxygen atoms in total. The molecule has 1 aliphatic heterocycles. The molecule has 0 aromatic heterocycles. The molecule has 0 unspecified atom stereocenters. The Morgan fingerprint density at radius 3 is 2.64 bits per heavy atom. The first-order valence-corrected chi connectivity index (χ1v) is 6.45. The lowest BCUT2D eigenvalue weighted by molar-refractivity contribution is -0.137. The van der Waals surface area contributed by atoms with Crippen LogP contribution in [0.25, 0.3) is 0 Å². The van der Waals surface area contributed by atoms with Gasteiger partial charge < -0.3 is 4.74 Å². The second kappa shape index (κ2) is 5.02. The van der Waals surface area contributed by atoms with Gasteiger partial charge in [-0.2, -0.15) is 18.4 Å². The smallest absolute Gasteiger partial charge is 0.416 e. The van der Waals surface area contributed by atoms with Crippen LogP contribution in [0.3, 0.4) is 0 Å².